The third kappa shape index (κ3) is 6.68. The van der Waals surface area contributed by atoms with E-state index in [1.54, 1.807) is 0 Å². The number of hydrogen-bond donors (Lipinski definition) is 4. The molecule has 0 aliphatic rings. The fraction of sp³-hybridized carbons (Fsp3) is 0.429. The molecule has 1 aromatic carbocycles. The number of benzene rings is 1. The first-order chi connectivity index (χ1) is 9.65. The molecule has 0 saturated heterocycles. The molecule has 110 valence electrons. The molecule has 0 spiro atoms. The molecule has 0 aliphatic carbocycles. The van der Waals surface area contributed by atoms with Crippen molar-refractivity contribution in [3.05, 3.63) is 29.8 Å². The van der Waals surface area contributed by atoms with Crippen LogP contribution in [0.1, 0.15) is 32.3 Å². The Hall–Kier alpha value is -1.40. The third-order valence-corrected chi connectivity index (χ3v) is 3.15. The Labute approximate surface area is 131 Å². The Morgan fingerprint density at radius 2 is 1.85 bits per heavy atom. The summed E-state index contributed by atoms with van der Waals surface area (Å²) in [5.41, 5.74) is 7.95. The zero-order valence-electron chi connectivity index (χ0n) is 12.0. The van der Waals surface area contributed by atoms with Crippen LogP contribution in [0.5, 0.6) is 0 Å². The zero-order valence-corrected chi connectivity index (χ0v) is 13.6. The average Bonchev–Trinajstić information content (AvgIpc) is 2.45. The molecule has 4 N–H and O–H groups in total. The average molecular weight is 310 g/mol. The largest absolute Gasteiger partial charge is 0.361 e. The second-order valence-electron chi connectivity index (χ2n) is 4.37. The Morgan fingerprint density at radius 3 is 2.55 bits per heavy atom. The van der Waals surface area contributed by atoms with Crippen LogP contribution in [0.3, 0.4) is 0 Å². The van der Waals surface area contributed by atoms with Crippen LogP contribution in [0.4, 0.5) is 5.69 Å². The summed E-state index contributed by atoms with van der Waals surface area (Å²) in [5, 5.41) is 7.23. The van der Waals surface area contributed by atoms with E-state index in [0.29, 0.717) is 10.2 Å². The molecular formula is C14H22N4S2. The van der Waals surface area contributed by atoms with Gasteiger partial charge in [-0.2, -0.15) is 0 Å². The first kappa shape index (κ1) is 16.7. The molecule has 0 radical (unpaired) electrons. The van der Waals surface area contributed by atoms with E-state index < -0.39 is 0 Å². The standard InChI is InChI=1S/C14H22N4S2/c1-3-5-9-15-13(19)17-18-14(20)16-12-8-6-7-11(4-2)10-12/h6-8,10H,3-5,9H2,1-2H3,(H2,15,17,19)(H2,16,18,20). The van der Waals surface area contributed by atoms with Gasteiger partial charge in [-0.1, -0.05) is 32.4 Å². The maximum absolute atomic E-state index is 5.20. The molecule has 0 unspecified atom stereocenters. The molecule has 0 aromatic heterocycles. The molecular weight excluding hydrogens is 288 g/mol. The Balaban J connectivity index is 2.30. The highest BCUT2D eigenvalue weighted by atomic mass is 32.1. The van der Waals surface area contributed by atoms with Crippen molar-refractivity contribution in [1.29, 1.82) is 0 Å². The van der Waals surface area contributed by atoms with Crippen molar-refractivity contribution in [2.75, 3.05) is 11.9 Å². The molecule has 0 heterocycles. The molecule has 1 rings (SSSR count). The summed E-state index contributed by atoms with van der Waals surface area (Å²) in [6.07, 6.45) is 3.23. The van der Waals surface area contributed by atoms with Gasteiger partial charge >= 0.3 is 0 Å². The highest BCUT2D eigenvalue weighted by molar-refractivity contribution is 7.80. The van der Waals surface area contributed by atoms with Crippen molar-refractivity contribution in [1.82, 2.24) is 16.2 Å². The van der Waals surface area contributed by atoms with Gasteiger partial charge in [-0.15, -0.1) is 0 Å². The monoisotopic (exact) mass is 310 g/mol. The number of anilines is 1. The molecule has 4 nitrogen and oxygen atoms in total. The molecule has 6 heteroatoms. The van der Waals surface area contributed by atoms with E-state index in [2.05, 4.69) is 47.5 Å². The minimum Gasteiger partial charge on any atom is -0.361 e. The van der Waals surface area contributed by atoms with Crippen molar-refractivity contribution in [3.63, 3.8) is 0 Å². The maximum Gasteiger partial charge on any atom is 0.189 e. The molecule has 1 aromatic rings. The van der Waals surface area contributed by atoms with E-state index in [9.17, 15) is 0 Å². The van der Waals surface area contributed by atoms with Gasteiger partial charge in [0.25, 0.3) is 0 Å². The van der Waals surface area contributed by atoms with Crippen LogP contribution in [-0.2, 0) is 6.42 Å². The summed E-state index contributed by atoms with van der Waals surface area (Å²) in [6, 6.07) is 8.15. The highest BCUT2D eigenvalue weighted by Gasteiger charge is 1.99. The summed E-state index contributed by atoms with van der Waals surface area (Å²) in [7, 11) is 0. The van der Waals surface area contributed by atoms with Crippen molar-refractivity contribution in [2.24, 2.45) is 0 Å². The van der Waals surface area contributed by atoms with Gasteiger partial charge in [-0.05, 0) is 55.0 Å². The molecule has 0 saturated carbocycles. The van der Waals surface area contributed by atoms with Crippen LogP contribution in [0.2, 0.25) is 0 Å². The predicted octanol–water partition coefficient (Wildman–Crippen LogP) is 2.71. The minimum atomic E-state index is 0.484. The van der Waals surface area contributed by atoms with Gasteiger partial charge in [0.2, 0.25) is 0 Å². The van der Waals surface area contributed by atoms with E-state index in [0.717, 1.165) is 31.5 Å². The summed E-state index contributed by atoms with van der Waals surface area (Å²) in [6.45, 7) is 5.13. The van der Waals surface area contributed by atoms with E-state index in [-0.39, 0.29) is 0 Å². The summed E-state index contributed by atoms with van der Waals surface area (Å²) >= 11 is 10.3. The van der Waals surface area contributed by atoms with Crippen LogP contribution in [0, 0.1) is 0 Å². The van der Waals surface area contributed by atoms with Crippen molar-refractivity contribution < 1.29 is 0 Å². The smallest absolute Gasteiger partial charge is 0.189 e. The quantitative estimate of drug-likeness (QED) is 0.381. The van der Waals surface area contributed by atoms with Gasteiger partial charge < -0.3 is 10.6 Å². The Bertz CT molecular complexity index is 449. The van der Waals surface area contributed by atoms with E-state index in [1.807, 2.05) is 12.1 Å². The lowest BCUT2D eigenvalue weighted by Gasteiger charge is -2.14. The summed E-state index contributed by atoms with van der Waals surface area (Å²) in [5.74, 6) is 0. The minimum absolute atomic E-state index is 0.484. The SMILES string of the molecule is CCCCNC(=S)NNC(=S)Nc1cccc(CC)c1. The second kappa shape index (κ2) is 9.50. The van der Waals surface area contributed by atoms with Crippen LogP contribution in [0.25, 0.3) is 0 Å². The number of hydrazine groups is 1. The zero-order chi connectivity index (χ0) is 14.8. The van der Waals surface area contributed by atoms with E-state index in [1.165, 1.54) is 5.56 Å². The lowest BCUT2D eigenvalue weighted by Crippen LogP contribution is -2.48. The Morgan fingerprint density at radius 1 is 1.10 bits per heavy atom. The number of rotatable bonds is 5. The van der Waals surface area contributed by atoms with Gasteiger partial charge in [0.05, 0.1) is 0 Å². The van der Waals surface area contributed by atoms with Crippen LogP contribution in [0.15, 0.2) is 24.3 Å². The molecule has 0 fully saturated rings. The van der Waals surface area contributed by atoms with Crippen LogP contribution < -0.4 is 21.5 Å². The van der Waals surface area contributed by atoms with E-state index >= 15 is 0 Å². The molecule has 0 aliphatic heterocycles. The fourth-order valence-corrected chi connectivity index (χ4v) is 1.89. The summed E-state index contributed by atoms with van der Waals surface area (Å²) in [4.78, 5) is 0. The number of hydrogen-bond acceptors (Lipinski definition) is 2. The highest BCUT2D eigenvalue weighted by Crippen LogP contribution is 2.10. The van der Waals surface area contributed by atoms with Crippen molar-refractivity contribution >= 4 is 40.3 Å². The lowest BCUT2D eigenvalue weighted by molar-refractivity contribution is 0.732. The van der Waals surface area contributed by atoms with Gasteiger partial charge in [0.15, 0.2) is 10.2 Å². The van der Waals surface area contributed by atoms with Crippen molar-refractivity contribution in [2.45, 2.75) is 33.1 Å². The normalized spacial score (nSPS) is 9.70. The number of thiocarbonyl (C=S) groups is 2. The lowest BCUT2D eigenvalue weighted by atomic mass is 10.1. The number of aryl methyl sites for hydroxylation is 1. The van der Waals surface area contributed by atoms with Gasteiger partial charge in [-0.25, -0.2) is 0 Å². The maximum atomic E-state index is 5.20. The van der Waals surface area contributed by atoms with E-state index in [4.69, 9.17) is 24.4 Å². The van der Waals surface area contributed by atoms with Crippen LogP contribution >= 0.6 is 24.4 Å². The van der Waals surface area contributed by atoms with Gasteiger partial charge in [0.1, 0.15) is 0 Å². The molecule has 0 amide bonds. The molecule has 0 atom stereocenters. The molecule has 20 heavy (non-hydrogen) atoms. The van der Waals surface area contributed by atoms with Gasteiger partial charge in [0, 0.05) is 12.2 Å². The summed E-state index contributed by atoms with van der Waals surface area (Å²) < 4.78 is 0. The number of nitrogens with one attached hydrogen (secondary N) is 4. The van der Waals surface area contributed by atoms with Crippen molar-refractivity contribution in [3.8, 4) is 0 Å². The topological polar surface area (TPSA) is 48.1 Å². The predicted molar refractivity (Wildman–Crippen MR) is 93.8 cm³/mol. The third-order valence-electron chi connectivity index (χ3n) is 2.70. The second-order valence-corrected chi connectivity index (χ2v) is 5.18. The number of unbranched alkanes of at least 4 members (excludes halogenated alkanes) is 1. The first-order valence-electron chi connectivity index (χ1n) is 6.85. The Kier molecular flexibility index (Phi) is 7.91. The first-order valence-corrected chi connectivity index (χ1v) is 7.67. The van der Waals surface area contributed by atoms with Gasteiger partial charge in [-0.3, -0.25) is 10.9 Å². The van der Waals surface area contributed by atoms with Crippen LogP contribution in [-0.4, -0.2) is 16.8 Å². The fourth-order valence-electron chi connectivity index (χ4n) is 1.57. The molecule has 0 bridgehead atoms.